The lowest BCUT2D eigenvalue weighted by Gasteiger charge is -2.24. The lowest BCUT2D eigenvalue weighted by atomic mass is 9.89. The number of hydrogen-bond acceptors (Lipinski definition) is 13. The molecule has 0 heterocycles. The number of anilines is 2. The van der Waals surface area contributed by atoms with Gasteiger partial charge in [0.15, 0.2) is 17.3 Å². The number of amides is 7. The van der Waals surface area contributed by atoms with Crippen LogP contribution in [0.1, 0.15) is 116 Å². The Hall–Kier alpha value is -6.51. The Morgan fingerprint density at radius 3 is 1.44 bits per heavy atom. The van der Waals surface area contributed by atoms with Crippen molar-refractivity contribution in [3.05, 3.63) is 71.8 Å². The summed E-state index contributed by atoms with van der Waals surface area (Å²) in [4.78, 5) is 109. The van der Waals surface area contributed by atoms with E-state index in [9.17, 15) is 48.3 Å². The molecule has 0 aliphatic heterocycles. The average Bonchev–Trinajstić information content (AvgIpc) is 3.32. The third-order valence-electron chi connectivity index (χ3n) is 11.1. The first-order valence-corrected chi connectivity index (χ1v) is 23.7. The number of ether oxygens (including phenoxy) is 1. The lowest BCUT2D eigenvalue weighted by molar-refractivity contribution is -0.135. The third-order valence-corrected chi connectivity index (χ3v) is 11.1. The van der Waals surface area contributed by atoms with E-state index in [2.05, 4.69) is 31.3 Å². The quantitative estimate of drug-likeness (QED) is 0.0281. The number of Topliss-reactive ketones (excluding diaryl/α,β-unsaturated/α-hetero) is 2. The van der Waals surface area contributed by atoms with Crippen molar-refractivity contribution in [2.75, 3.05) is 30.8 Å². The van der Waals surface area contributed by atoms with Crippen LogP contribution in [-0.2, 0) is 51.5 Å². The summed E-state index contributed by atoms with van der Waals surface area (Å²) >= 11 is 0. The molecule has 4 atom stereocenters. The van der Waals surface area contributed by atoms with E-state index in [0.717, 1.165) is 24.5 Å². The fourth-order valence-corrected chi connectivity index (χ4v) is 6.88. The van der Waals surface area contributed by atoms with Gasteiger partial charge in [-0.1, -0.05) is 64.8 Å². The van der Waals surface area contributed by atoms with Crippen LogP contribution in [0.5, 0.6) is 0 Å². The summed E-state index contributed by atoms with van der Waals surface area (Å²) in [6.07, 6.45) is 7.08. The molecule has 0 saturated heterocycles. The molecule has 20 nitrogen and oxygen atoms in total. The number of aliphatic hydroxyl groups excluding tert-OH is 2. The van der Waals surface area contributed by atoms with Gasteiger partial charge in [-0.25, -0.2) is 14.4 Å². The first-order valence-electron chi connectivity index (χ1n) is 23.7. The topological polar surface area (TPSA) is 342 Å². The molecule has 0 aromatic heterocycles. The molecule has 0 aliphatic carbocycles. The molecule has 20 heteroatoms. The Morgan fingerprint density at radius 2 is 1.04 bits per heavy atom. The summed E-state index contributed by atoms with van der Waals surface area (Å²) in [5, 5.41) is 31.7. The monoisotopic (exact) mass is 981 g/mol. The molecule has 0 radical (unpaired) electrons. The van der Waals surface area contributed by atoms with Gasteiger partial charge in [0.05, 0.1) is 32.4 Å². The smallest absolute Gasteiger partial charge is 0.330 e. The second-order valence-corrected chi connectivity index (χ2v) is 17.6. The van der Waals surface area contributed by atoms with Crippen molar-refractivity contribution in [2.45, 2.75) is 130 Å². The van der Waals surface area contributed by atoms with Crippen LogP contribution in [0.4, 0.5) is 21.0 Å². The van der Waals surface area contributed by atoms with Gasteiger partial charge in [-0.15, -0.1) is 0 Å². The van der Waals surface area contributed by atoms with Crippen molar-refractivity contribution >= 4 is 64.5 Å². The molecule has 70 heavy (non-hydrogen) atoms. The standard InChI is InChI=1S/C31H46N4O8.C19H30N4O4/c1-21(2)29(35-27(39)11-7-5-4-6-10-25(37)16-17-28(40)43-3)26(38)19-23(9-8-18-33-31(32)42)30(41)34-24-14-12-22(20-36)13-15-24;1-12(2)17(20)16(25)10-14(4-3-9-22-19(21)27)18(26)23-15-7-5-13(11-24)6-8-15/h12-17,21,23,29,36H,4-11,18-20H2,1-3H3,(H,34,41)(H,35,39)(H3,32,33,42);5-8,12,14,17,24H,3-4,9-11,20H2,1-2H3,(H,23,26)(H3,21,22,27)/b17-16-;/t23-,29+;14-,17+/m11/s1. The fraction of sp³-hybridized carbons (Fsp3) is 0.540. The Balaban J connectivity index is 0.000000777. The third kappa shape index (κ3) is 26.9. The van der Waals surface area contributed by atoms with Gasteiger partial charge in [0, 0.05) is 68.1 Å². The SMILES string of the molecule is CC(C)[C@H](N)C(=O)C[C@@H](CCCNC(N)=O)C(=O)Nc1ccc(CO)cc1.COC(=O)/C=C\C(=O)CCCCCCC(=O)N[C@H](C(=O)C[C@@H](CCCNC(N)=O)C(=O)Nc1ccc(CO)cc1)C(C)C. The Kier molecular flexibility index (Phi) is 30.5. The van der Waals surface area contributed by atoms with Crippen molar-refractivity contribution in [1.82, 2.24) is 16.0 Å². The zero-order valence-corrected chi connectivity index (χ0v) is 41.3. The molecule has 2 rings (SSSR count). The van der Waals surface area contributed by atoms with Gasteiger partial charge >= 0.3 is 18.0 Å². The first kappa shape index (κ1) is 61.5. The maximum Gasteiger partial charge on any atom is 0.330 e. The highest BCUT2D eigenvalue weighted by Gasteiger charge is 2.30. The molecular formula is C50H76N8O12. The van der Waals surface area contributed by atoms with Crippen LogP contribution in [-0.4, -0.2) is 95.6 Å². The van der Waals surface area contributed by atoms with Crippen LogP contribution in [0.2, 0.25) is 0 Å². The van der Waals surface area contributed by atoms with Crippen LogP contribution in [0.25, 0.3) is 0 Å². The highest BCUT2D eigenvalue weighted by molar-refractivity contribution is 5.98. The second-order valence-electron chi connectivity index (χ2n) is 17.6. The van der Waals surface area contributed by atoms with Crippen molar-refractivity contribution < 1.29 is 58.1 Å². The van der Waals surface area contributed by atoms with E-state index in [1.165, 1.54) is 13.2 Å². The van der Waals surface area contributed by atoms with Crippen LogP contribution >= 0.6 is 0 Å². The number of urea groups is 2. The van der Waals surface area contributed by atoms with Gasteiger partial charge in [-0.05, 0) is 91.8 Å². The van der Waals surface area contributed by atoms with E-state index >= 15 is 0 Å². The molecular weight excluding hydrogens is 905 g/mol. The molecule has 0 aliphatic rings. The van der Waals surface area contributed by atoms with E-state index in [-0.39, 0.29) is 85.9 Å². The van der Waals surface area contributed by atoms with Gasteiger partial charge in [0.1, 0.15) is 0 Å². The number of rotatable bonds is 32. The van der Waals surface area contributed by atoms with Crippen LogP contribution in [0, 0.1) is 23.7 Å². The van der Waals surface area contributed by atoms with E-state index in [4.69, 9.17) is 22.3 Å². The highest BCUT2D eigenvalue weighted by atomic mass is 16.5. The first-order chi connectivity index (χ1) is 33.2. The minimum absolute atomic E-state index is 0.0104. The van der Waals surface area contributed by atoms with Crippen molar-refractivity contribution in [3.63, 3.8) is 0 Å². The Labute approximate surface area is 411 Å². The normalized spacial score (nSPS) is 12.7. The Morgan fingerprint density at radius 1 is 0.600 bits per heavy atom. The number of ketones is 3. The molecule has 0 unspecified atom stereocenters. The van der Waals surface area contributed by atoms with E-state index in [0.29, 0.717) is 68.4 Å². The largest absolute Gasteiger partial charge is 0.466 e. The number of methoxy groups -OCH3 is 1. The van der Waals surface area contributed by atoms with Gasteiger partial charge in [0.25, 0.3) is 0 Å². The zero-order valence-electron chi connectivity index (χ0n) is 41.3. The minimum Gasteiger partial charge on any atom is -0.466 e. The van der Waals surface area contributed by atoms with Gasteiger partial charge in [0.2, 0.25) is 17.7 Å². The minimum atomic E-state index is -0.769. The number of carbonyl (C=O) groups is 9. The van der Waals surface area contributed by atoms with Crippen LogP contribution < -0.4 is 43.8 Å². The number of allylic oxidation sites excluding steroid dienone is 1. The molecule has 7 amide bonds. The summed E-state index contributed by atoms with van der Waals surface area (Å²) in [5.41, 5.74) is 18.6. The molecule has 0 bridgehead atoms. The molecule has 0 spiro atoms. The summed E-state index contributed by atoms with van der Waals surface area (Å²) in [6, 6.07) is 10.8. The maximum absolute atomic E-state index is 13.3. The number of unbranched alkanes of at least 4 members (excludes halogenated alkanes) is 3. The summed E-state index contributed by atoms with van der Waals surface area (Å²) in [7, 11) is 1.24. The molecule has 2 aromatic carbocycles. The summed E-state index contributed by atoms with van der Waals surface area (Å²) in [6.45, 7) is 7.74. The molecule has 0 saturated carbocycles. The van der Waals surface area contributed by atoms with Gasteiger partial charge < -0.3 is 58.7 Å². The van der Waals surface area contributed by atoms with E-state index < -0.39 is 42.0 Å². The Bertz CT molecular complexity index is 2010. The molecule has 0 fully saturated rings. The number of primary amides is 2. The van der Waals surface area contributed by atoms with Crippen LogP contribution in [0.3, 0.4) is 0 Å². The number of aliphatic hydroxyl groups is 2. The van der Waals surface area contributed by atoms with Crippen LogP contribution in [0.15, 0.2) is 60.7 Å². The number of hydrogen-bond donors (Lipinski definition) is 10. The summed E-state index contributed by atoms with van der Waals surface area (Å²) < 4.78 is 4.44. The van der Waals surface area contributed by atoms with Gasteiger partial charge in [-0.2, -0.15) is 0 Å². The van der Waals surface area contributed by atoms with E-state index in [1.54, 1.807) is 48.5 Å². The lowest BCUT2D eigenvalue weighted by Crippen LogP contribution is -2.45. The summed E-state index contributed by atoms with van der Waals surface area (Å²) in [5.74, 6) is -3.57. The second kappa shape index (κ2) is 34.7. The number of carbonyl (C=O) groups excluding carboxylic acids is 9. The van der Waals surface area contributed by atoms with Crippen molar-refractivity contribution in [1.29, 1.82) is 0 Å². The predicted octanol–water partition coefficient (Wildman–Crippen LogP) is 4.05. The fourth-order valence-electron chi connectivity index (χ4n) is 6.88. The van der Waals surface area contributed by atoms with Gasteiger partial charge in [-0.3, -0.25) is 28.8 Å². The number of nitrogens with one attached hydrogen (secondary N) is 5. The predicted molar refractivity (Wildman–Crippen MR) is 265 cm³/mol. The molecule has 388 valence electrons. The van der Waals surface area contributed by atoms with E-state index in [1.807, 2.05) is 27.7 Å². The highest BCUT2D eigenvalue weighted by Crippen LogP contribution is 2.21. The van der Waals surface area contributed by atoms with Crippen molar-refractivity contribution in [3.8, 4) is 0 Å². The number of benzene rings is 2. The average molecular weight is 981 g/mol. The van der Waals surface area contributed by atoms with Crippen molar-refractivity contribution in [2.24, 2.45) is 40.9 Å². The maximum atomic E-state index is 13.3. The molecule has 13 N–H and O–H groups in total. The molecule has 2 aromatic rings. The zero-order chi connectivity index (χ0) is 52.6. The number of nitrogens with two attached hydrogens (primary N) is 3. The number of esters is 1.